The Hall–Kier alpha value is -3.13. The Morgan fingerprint density at radius 3 is 2.70 bits per heavy atom. The van der Waals surface area contributed by atoms with Gasteiger partial charge < -0.3 is 20.2 Å². The lowest BCUT2D eigenvalue weighted by molar-refractivity contribution is -0.135. The van der Waals surface area contributed by atoms with Crippen LogP contribution in [-0.4, -0.2) is 35.1 Å². The third kappa shape index (κ3) is 4.53. The number of amides is 1. The van der Waals surface area contributed by atoms with Crippen molar-refractivity contribution in [2.24, 2.45) is 0 Å². The number of hydrogen-bond acceptors (Lipinski definition) is 6. The van der Waals surface area contributed by atoms with Crippen molar-refractivity contribution in [2.75, 3.05) is 18.4 Å². The third-order valence-corrected chi connectivity index (χ3v) is 5.18. The molecule has 3 N–H and O–H groups in total. The fourth-order valence-electron chi connectivity index (χ4n) is 2.66. The number of aliphatic carboxylic acids is 1. The highest BCUT2D eigenvalue weighted by Gasteiger charge is 2.24. The van der Waals surface area contributed by atoms with Gasteiger partial charge in [-0.15, -0.1) is 11.3 Å². The molecule has 3 aromatic rings. The van der Waals surface area contributed by atoms with Gasteiger partial charge in [-0.25, -0.2) is 4.98 Å². The zero-order valence-electron chi connectivity index (χ0n) is 14.7. The number of aromatic nitrogens is 1. The number of nitrogens with zero attached hydrogens (tertiary/aromatic N) is 1. The van der Waals surface area contributed by atoms with E-state index >= 15 is 0 Å². The van der Waals surface area contributed by atoms with E-state index in [0.717, 1.165) is 11.3 Å². The summed E-state index contributed by atoms with van der Waals surface area (Å²) in [5.41, 5.74) is 2.30. The summed E-state index contributed by atoms with van der Waals surface area (Å²) in [4.78, 5) is 28.2. The second-order valence-corrected chi connectivity index (χ2v) is 6.86. The fourth-order valence-corrected chi connectivity index (χ4v) is 3.83. The Kier molecular flexibility index (Phi) is 5.87. The summed E-state index contributed by atoms with van der Waals surface area (Å²) in [5.74, 6) is -1.10. The lowest BCUT2D eigenvalue weighted by atomic mass is 10.1. The van der Waals surface area contributed by atoms with E-state index in [1.165, 1.54) is 23.2 Å². The fraction of sp³-hybridized carbons (Fsp3) is 0.211. The van der Waals surface area contributed by atoms with Gasteiger partial charge in [-0.1, -0.05) is 30.3 Å². The Balaban J connectivity index is 1.82. The number of carbonyl (C=O) groups excluding carboxylic acids is 1. The highest BCUT2D eigenvalue weighted by Crippen LogP contribution is 2.39. The van der Waals surface area contributed by atoms with Crippen LogP contribution in [0.4, 0.5) is 5.00 Å². The van der Waals surface area contributed by atoms with Gasteiger partial charge in [0, 0.05) is 6.54 Å². The van der Waals surface area contributed by atoms with Crippen LogP contribution < -0.4 is 10.6 Å². The second-order valence-electron chi connectivity index (χ2n) is 5.84. The minimum atomic E-state index is -1.09. The topological polar surface area (TPSA) is 104 Å². The molecule has 140 valence electrons. The van der Waals surface area contributed by atoms with Crippen molar-refractivity contribution >= 4 is 28.2 Å². The minimum Gasteiger partial charge on any atom is -0.480 e. The molecule has 0 aliphatic carbocycles. The summed E-state index contributed by atoms with van der Waals surface area (Å²) >= 11 is 1.37. The summed E-state index contributed by atoms with van der Waals surface area (Å²) in [7, 11) is 0. The molecule has 2 aromatic heterocycles. The summed E-state index contributed by atoms with van der Waals surface area (Å²) in [6.45, 7) is 1.99. The van der Waals surface area contributed by atoms with Crippen LogP contribution in [0.3, 0.4) is 0 Å². The van der Waals surface area contributed by atoms with Gasteiger partial charge in [0.1, 0.15) is 17.8 Å². The largest absolute Gasteiger partial charge is 0.480 e. The number of oxazole rings is 1. The average molecular weight is 385 g/mol. The van der Waals surface area contributed by atoms with E-state index in [1.54, 1.807) is 13.1 Å². The number of carboxylic acid groups (broad SMARTS) is 1. The standard InChI is InChI=1S/C19H19N3O4S/c1-12-15(17(25)22-11-14(23)24)19(27-16(12)18-20-9-10-26-18)21-8-7-13-5-3-2-4-6-13/h2-6,9-10,21H,7-8,11H2,1H3,(H,22,25)(H,23,24). The maximum atomic E-state index is 12.5. The molecule has 0 unspecified atom stereocenters. The van der Waals surface area contributed by atoms with Crippen LogP contribution in [0.15, 0.2) is 47.2 Å². The Morgan fingerprint density at radius 1 is 1.26 bits per heavy atom. The maximum Gasteiger partial charge on any atom is 0.322 e. The molecule has 0 aliphatic rings. The van der Waals surface area contributed by atoms with Crippen LogP contribution in [0.5, 0.6) is 0 Å². The molecule has 0 saturated carbocycles. The molecule has 8 heteroatoms. The van der Waals surface area contributed by atoms with E-state index < -0.39 is 18.4 Å². The number of anilines is 1. The van der Waals surface area contributed by atoms with E-state index in [0.29, 0.717) is 28.6 Å². The summed E-state index contributed by atoms with van der Waals surface area (Å²) in [5, 5.41) is 15.2. The monoisotopic (exact) mass is 385 g/mol. The molecule has 0 aliphatic heterocycles. The predicted octanol–water partition coefficient (Wildman–Crippen LogP) is 3.18. The molecule has 0 atom stereocenters. The van der Waals surface area contributed by atoms with E-state index in [-0.39, 0.29) is 0 Å². The molecule has 0 spiro atoms. The van der Waals surface area contributed by atoms with Crippen molar-refractivity contribution in [3.05, 3.63) is 59.5 Å². The first-order chi connectivity index (χ1) is 13.1. The SMILES string of the molecule is Cc1c(-c2ncco2)sc(NCCc2ccccc2)c1C(=O)NCC(=O)O. The summed E-state index contributed by atoms with van der Waals surface area (Å²) in [6, 6.07) is 10.0. The first kappa shape index (κ1) is 18.7. The number of carbonyl (C=O) groups is 2. The molecule has 3 rings (SSSR count). The van der Waals surface area contributed by atoms with Gasteiger partial charge in [0.15, 0.2) is 0 Å². The van der Waals surface area contributed by atoms with Gasteiger partial charge >= 0.3 is 5.97 Å². The molecule has 0 bridgehead atoms. The van der Waals surface area contributed by atoms with Crippen molar-refractivity contribution in [3.8, 4) is 10.8 Å². The first-order valence-corrected chi connectivity index (χ1v) is 9.19. The zero-order chi connectivity index (χ0) is 19.2. The lowest BCUT2D eigenvalue weighted by Gasteiger charge is -2.08. The second kappa shape index (κ2) is 8.50. The molecular formula is C19H19N3O4S. The normalized spacial score (nSPS) is 10.6. The highest BCUT2D eigenvalue weighted by molar-refractivity contribution is 7.20. The third-order valence-electron chi connectivity index (χ3n) is 3.94. The zero-order valence-corrected chi connectivity index (χ0v) is 15.5. The quantitative estimate of drug-likeness (QED) is 0.550. The van der Waals surface area contributed by atoms with Crippen LogP contribution in [-0.2, 0) is 11.2 Å². The first-order valence-electron chi connectivity index (χ1n) is 8.37. The molecule has 7 nitrogen and oxygen atoms in total. The van der Waals surface area contributed by atoms with Crippen molar-refractivity contribution in [1.29, 1.82) is 0 Å². The van der Waals surface area contributed by atoms with Gasteiger partial charge in [0.2, 0.25) is 5.89 Å². The van der Waals surface area contributed by atoms with Crippen LogP contribution in [0, 0.1) is 6.92 Å². The van der Waals surface area contributed by atoms with Gasteiger partial charge in [0.25, 0.3) is 5.91 Å². The van der Waals surface area contributed by atoms with Crippen molar-refractivity contribution in [3.63, 3.8) is 0 Å². The number of hydrogen-bond donors (Lipinski definition) is 3. The number of rotatable bonds is 8. The molecular weight excluding hydrogens is 366 g/mol. The Bertz CT molecular complexity index is 920. The lowest BCUT2D eigenvalue weighted by Crippen LogP contribution is -2.30. The van der Waals surface area contributed by atoms with E-state index in [1.807, 2.05) is 30.3 Å². The summed E-state index contributed by atoms with van der Waals surface area (Å²) < 4.78 is 5.37. The Labute approximate surface area is 160 Å². The molecule has 0 saturated heterocycles. The minimum absolute atomic E-state index is 0.419. The van der Waals surface area contributed by atoms with Crippen molar-refractivity contribution < 1.29 is 19.1 Å². The van der Waals surface area contributed by atoms with Gasteiger partial charge in [-0.2, -0.15) is 0 Å². The highest BCUT2D eigenvalue weighted by atomic mass is 32.1. The van der Waals surface area contributed by atoms with Crippen LogP contribution in [0.25, 0.3) is 10.8 Å². The van der Waals surface area contributed by atoms with Crippen LogP contribution in [0.1, 0.15) is 21.5 Å². The molecule has 1 aromatic carbocycles. The van der Waals surface area contributed by atoms with Gasteiger partial charge in [-0.05, 0) is 24.5 Å². The number of thiophene rings is 1. The molecule has 1 amide bonds. The van der Waals surface area contributed by atoms with Gasteiger partial charge in [-0.3, -0.25) is 9.59 Å². The maximum absolute atomic E-state index is 12.5. The van der Waals surface area contributed by atoms with Crippen LogP contribution >= 0.6 is 11.3 Å². The smallest absolute Gasteiger partial charge is 0.322 e. The Morgan fingerprint density at radius 2 is 2.04 bits per heavy atom. The summed E-state index contributed by atoms with van der Waals surface area (Å²) in [6.07, 6.45) is 3.81. The van der Waals surface area contributed by atoms with Crippen molar-refractivity contribution in [1.82, 2.24) is 10.3 Å². The number of nitrogens with one attached hydrogen (secondary N) is 2. The van der Waals surface area contributed by atoms with Crippen molar-refractivity contribution in [2.45, 2.75) is 13.3 Å². The predicted molar refractivity (Wildman–Crippen MR) is 103 cm³/mol. The van der Waals surface area contributed by atoms with Crippen LogP contribution in [0.2, 0.25) is 0 Å². The molecule has 0 radical (unpaired) electrons. The molecule has 2 heterocycles. The number of benzene rings is 1. The van der Waals surface area contributed by atoms with Gasteiger partial charge in [0.05, 0.1) is 16.6 Å². The average Bonchev–Trinajstić information content (AvgIpc) is 3.29. The van der Waals surface area contributed by atoms with E-state index in [4.69, 9.17) is 9.52 Å². The molecule has 0 fully saturated rings. The molecule has 27 heavy (non-hydrogen) atoms. The van der Waals surface area contributed by atoms with E-state index in [9.17, 15) is 9.59 Å². The van der Waals surface area contributed by atoms with E-state index in [2.05, 4.69) is 15.6 Å². The number of carboxylic acids is 1.